The molecule has 0 saturated heterocycles. The van der Waals surface area contributed by atoms with Crippen LogP contribution in [0, 0.1) is 5.82 Å². The summed E-state index contributed by atoms with van der Waals surface area (Å²) in [5.41, 5.74) is 2.35. The zero-order chi connectivity index (χ0) is 13.8. The number of nitrogens with one attached hydrogen (secondary N) is 1. The minimum atomic E-state index is -4.42. The lowest BCUT2D eigenvalue weighted by Gasteiger charge is -2.18. The number of ether oxygens (including phenoxy) is 1. The van der Waals surface area contributed by atoms with Crippen LogP contribution in [0.4, 0.5) is 17.6 Å². The van der Waals surface area contributed by atoms with E-state index in [1.165, 1.54) is 18.2 Å². The lowest BCUT2D eigenvalue weighted by Crippen LogP contribution is -2.33. The lowest BCUT2D eigenvalue weighted by atomic mass is 10.1. The molecule has 0 aliphatic rings. The highest BCUT2D eigenvalue weighted by molar-refractivity contribution is 9.10. The summed E-state index contributed by atoms with van der Waals surface area (Å²) in [5, 5.41) is 0. The Kier molecular flexibility index (Phi) is 5.51. The molecule has 3 N–H and O–H groups in total. The normalized spacial score (nSPS) is 13.7. The summed E-state index contributed by atoms with van der Waals surface area (Å²) in [7, 11) is 0. The molecule has 0 aliphatic heterocycles. The molecule has 0 saturated carbocycles. The minimum absolute atomic E-state index is 0.133. The van der Waals surface area contributed by atoms with E-state index in [1.807, 2.05) is 0 Å². The number of hydrazine groups is 1. The van der Waals surface area contributed by atoms with Crippen molar-refractivity contribution in [3.05, 3.63) is 34.1 Å². The predicted octanol–water partition coefficient (Wildman–Crippen LogP) is 2.67. The maximum atomic E-state index is 13.5. The molecule has 0 bridgehead atoms. The maximum Gasteiger partial charge on any atom is 0.411 e. The van der Waals surface area contributed by atoms with Crippen LogP contribution in [0.5, 0.6) is 0 Å². The fourth-order valence-electron chi connectivity index (χ4n) is 1.30. The van der Waals surface area contributed by atoms with Gasteiger partial charge < -0.3 is 4.74 Å². The van der Waals surface area contributed by atoms with E-state index in [0.29, 0.717) is 4.47 Å². The van der Waals surface area contributed by atoms with E-state index in [9.17, 15) is 17.6 Å². The summed E-state index contributed by atoms with van der Waals surface area (Å²) in [6.07, 6.45) is -4.42. The van der Waals surface area contributed by atoms with Gasteiger partial charge >= 0.3 is 6.18 Å². The highest BCUT2D eigenvalue weighted by Gasteiger charge is 2.28. The smallest absolute Gasteiger partial charge is 0.370 e. The Hall–Kier alpha value is -0.700. The number of hydrogen-bond acceptors (Lipinski definition) is 3. The van der Waals surface area contributed by atoms with Crippen molar-refractivity contribution in [3.8, 4) is 0 Å². The first kappa shape index (κ1) is 15.4. The van der Waals surface area contributed by atoms with Gasteiger partial charge in [-0.1, -0.05) is 15.9 Å². The third-order valence-corrected chi connectivity index (χ3v) is 2.58. The highest BCUT2D eigenvalue weighted by Crippen LogP contribution is 2.22. The molecule has 1 rings (SSSR count). The molecule has 1 aromatic rings. The zero-order valence-electron chi connectivity index (χ0n) is 9.10. The minimum Gasteiger partial charge on any atom is -0.370 e. The van der Waals surface area contributed by atoms with Gasteiger partial charge in [-0.2, -0.15) is 13.2 Å². The molecule has 0 aromatic heterocycles. The number of rotatable bonds is 5. The van der Waals surface area contributed by atoms with Crippen molar-refractivity contribution >= 4 is 15.9 Å². The van der Waals surface area contributed by atoms with Crippen molar-refractivity contribution in [1.82, 2.24) is 5.43 Å². The average Bonchev–Trinajstić information content (AvgIpc) is 2.27. The highest BCUT2D eigenvalue weighted by atomic mass is 79.9. The van der Waals surface area contributed by atoms with Gasteiger partial charge in [0.15, 0.2) is 0 Å². The molecule has 1 unspecified atom stereocenters. The van der Waals surface area contributed by atoms with Crippen LogP contribution >= 0.6 is 15.9 Å². The first-order chi connectivity index (χ1) is 8.33. The monoisotopic (exact) mass is 330 g/mol. The number of alkyl halides is 3. The third kappa shape index (κ3) is 4.89. The fraction of sp³-hybridized carbons (Fsp3) is 0.400. The second kappa shape index (κ2) is 6.46. The second-order valence-corrected chi connectivity index (χ2v) is 4.43. The molecule has 102 valence electrons. The van der Waals surface area contributed by atoms with E-state index in [2.05, 4.69) is 26.1 Å². The van der Waals surface area contributed by atoms with Crippen LogP contribution in [0.1, 0.15) is 11.6 Å². The van der Waals surface area contributed by atoms with Crippen molar-refractivity contribution in [2.75, 3.05) is 13.2 Å². The van der Waals surface area contributed by atoms with Crippen LogP contribution in [0.3, 0.4) is 0 Å². The van der Waals surface area contributed by atoms with Crippen molar-refractivity contribution < 1.29 is 22.3 Å². The molecule has 0 spiro atoms. The van der Waals surface area contributed by atoms with Gasteiger partial charge in [0, 0.05) is 10.0 Å². The van der Waals surface area contributed by atoms with E-state index < -0.39 is 24.6 Å². The molecule has 18 heavy (non-hydrogen) atoms. The number of hydrogen-bond donors (Lipinski definition) is 2. The molecule has 0 amide bonds. The van der Waals surface area contributed by atoms with Crippen LogP contribution in [0.25, 0.3) is 0 Å². The van der Waals surface area contributed by atoms with Crippen LogP contribution in [-0.2, 0) is 4.74 Å². The van der Waals surface area contributed by atoms with Gasteiger partial charge in [0.05, 0.1) is 12.6 Å². The first-order valence-corrected chi connectivity index (χ1v) is 5.68. The van der Waals surface area contributed by atoms with E-state index in [0.717, 1.165) is 0 Å². The van der Waals surface area contributed by atoms with Crippen molar-refractivity contribution in [1.29, 1.82) is 0 Å². The summed E-state index contributed by atoms with van der Waals surface area (Å²) < 4.78 is 54.2. The Bertz CT molecular complexity index is 400. The fourth-order valence-corrected chi connectivity index (χ4v) is 1.68. The Morgan fingerprint density at radius 3 is 2.61 bits per heavy atom. The summed E-state index contributed by atoms with van der Waals surface area (Å²) in [5.74, 6) is 4.61. The molecular formula is C10H11BrF4N2O. The standard InChI is InChI=1S/C10H11BrF4N2O/c11-6-1-2-8(12)7(3-6)9(17-16)4-18-5-10(13,14)15/h1-3,9,17H,4-5,16H2. The molecule has 0 radical (unpaired) electrons. The summed E-state index contributed by atoms with van der Waals surface area (Å²) in [6.45, 7) is -1.79. The van der Waals surface area contributed by atoms with E-state index in [-0.39, 0.29) is 12.2 Å². The summed E-state index contributed by atoms with van der Waals surface area (Å²) in [4.78, 5) is 0. The van der Waals surface area contributed by atoms with E-state index in [1.54, 1.807) is 0 Å². The Labute approximate surface area is 109 Å². The van der Waals surface area contributed by atoms with Crippen molar-refractivity contribution in [2.45, 2.75) is 12.2 Å². The van der Waals surface area contributed by atoms with Gasteiger partial charge in [-0.15, -0.1) is 0 Å². The molecule has 1 atom stereocenters. The maximum absolute atomic E-state index is 13.5. The van der Waals surface area contributed by atoms with Gasteiger partial charge in [-0.3, -0.25) is 11.3 Å². The van der Waals surface area contributed by atoms with Gasteiger partial charge in [-0.05, 0) is 18.2 Å². The predicted molar refractivity (Wildman–Crippen MR) is 61.0 cm³/mol. The van der Waals surface area contributed by atoms with Crippen LogP contribution in [-0.4, -0.2) is 19.4 Å². The quantitative estimate of drug-likeness (QED) is 0.495. The van der Waals surface area contributed by atoms with Crippen molar-refractivity contribution in [3.63, 3.8) is 0 Å². The largest absolute Gasteiger partial charge is 0.411 e. The average molecular weight is 331 g/mol. The second-order valence-electron chi connectivity index (χ2n) is 3.52. The van der Waals surface area contributed by atoms with Gasteiger partial charge in [-0.25, -0.2) is 4.39 Å². The molecule has 8 heteroatoms. The molecular weight excluding hydrogens is 320 g/mol. The molecule has 1 aromatic carbocycles. The van der Waals surface area contributed by atoms with Crippen molar-refractivity contribution in [2.24, 2.45) is 5.84 Å². The first-order valence-electron chi connectivity index (χ1n) is 4.89. The number of nitrogens with two attached hydrogens (primary N) is 1. The zero-order valence-corrected chi connectivity index (χ0v) is 10.7. The molecule has 0 fully saturated rings. The SMILES string of the molecule is NNC(COCC(F)(F)F)c1cc(Br)ccc1F. The Morgan fingerprint density at radius 1 is 1.39 bits per heavy atom. The van der Waals surface area contributed by atoms with Crippen LogP contribution < -0.4 is 11.3 Å². The summed E-state index contributed by atoms with van der Waals surface area (Å²) in [6, 6.07) is 3.23. The van der Waals surface area contributed by atoms with Gasteiger partial charge in [0.2, 0.25) is 0 Å². The third-order valence-electron chi connectivity index (χ3n) is 2.08. The van der Waals surface area contributed by atoms with Crippen LogP contribution in [0.2, 0.25) is 0 Å². The van der Waals surface area contributed by atoms with E-state index >= 15 is 0 Å². The molecule has 3 nitrogen and oxygen atoms in total. The number of halogens is 5. The molecule has 0 heterocycles. The summed E-state index contributed by atoms with van der Waals surface area (Å²) >= 11 is 3.14. The Morgan fingerprint density at radius 2 is 2.06 bits per heavy atom. The molecule has 0 aliphatic carbocycles. The number of benzene rings is 1. The van der Waals surface area contributed by atoms with Gasteiger partial charge in [0.25, 0.3) is 0 Å². The van der Waals surface area contributed by atoms with Gasteiger partial charge in [0.1, 0.15) is 12.4 Å². The van der Waals surface area contributed by atoms with E-state index in [4.69, 9.17) is 5.84 Å². The Balaban J connectivity index is 2.68. The van der Waals surface area contributed by atoms with Crippen LogP contribution in [0.15, 0.2) is 22.7 Å². The topological polar surface area (TPSA) is 47.3 Å². The lowest BCUT2D eigenvalue weighted by molar-refractivity contribution is -0.175.